The number of alkyl halides is 2. The van der Waals surface area contributed by atoms with Crippen LogP contribution in [0.1, 0.15) is 32.8 Å². The Kier molecular flexibility index (Phi) is 3.75. The number of ether oxygens (including phenoxy) is 1. The van der Waals surface area contributed by atoms with Crippen LogP contribution in [0.3, 0.4) is 0 Å². The molecule has 6 nitrogen and oxygen atoms in total. The van der Waals surface area contributed by atoms with E-state index in [9.17, 15) is 23.5 Å². The van der Waals surface area contributed by atoms with Gasteiger partial charge < -0.3 is 14.9 Å². The molecular weight excluding hydrogens is 312 g/mol. The van der Waals surface area contributed by atoms with E-state index in [0.29, 0.717) is 0 Å². The minimum Gasteiger partial charge on any atom is -0.506 e. The molecule has 126 valence electrons. The maximum atomic E-state index is 13.5. The third kappa shape index (κ3) is 3.06. The minimum atomic E-state index is -3.37. The molecule has 3 N–H and O–H groups in total. The molecule has 2 rings (SSSR count). The summed E-state index contributed by atoms with van der Waals surface area (Å²) in [4.78, 5) is 22.8. The molecule has 1 aliphatic rings. The number of nitrogens with one attached hydrogen (secondary N) is 1. The van der Waals surface area contributed by atoms with Crippen molar-refractivity contribution in [1.82, 2.24) is 0 Å². The third-order valence-electron chi connectivity index (χ3n) is 3.48. The van der Waals surface area contributed by atoms with E-state index in [-0.39, 0.29) is 11.3 Å². The number of carbonyl (C=O) groups is 2. The second-order valence-electron chi connectivity index (χ2n) is 6.45. The van der Waals surface area contributed by atoms with E-state index in [4.69, 9.17) is 9.84 Å². The van der Waals surface area contributed by atoms with Gasteiger partial charge in [0, 0.05) is 6.42 Å². The van der Waals surface area contributed by atoms with Gasteiger partial charge in [-0.1, -0.05) is 6.07 Å². The second-order valence-corrected chi connectivity index (χ2v) is 6.45. The first kappa shape index (κ1) is 17.0. The summed E-state index contributed by atoms with van der Waals surface area (Å²) in [5, 5.41) is 21.2. The monoisotopic (exact) mass is 329 g/mol. The quantitative estimate of drug-likeness (QED) is 0.741. The highest BCUT2D eigenvalue weighted by atomic mass is 19.3. The smallest absolute Gasteiger partial charge is 0.412 e. The van der Waals surface area contributed by atoms with Gasteiger partial charge in [-0.25, -0.2) is 13.6 Å². The molecule has 8 heteroatoms. The van der Waals surface area contributed by atoms with Crippen molar-refractivity contribution in [3.05, 3.63) is 23.8 Å². The fourth-order valence-electron chi connectivity index (χ4n) is 2.27. The van der Waals surface area contributed by atoms with Crippen LogP contribution in [0, 0.1) is 0 Å². The Morgan fingerprint density at radius 3 is 2.26 bits per heavy atom. The molecule has 1 aromatic rings. The molecule has 1 aromatic carbocycles. The number of aliphatic carboxylic acids is 1. The number of halogens is 2. The number of carbonyl (C=O) groups excluding carboxylic acids is 1. The van der Waals surface area contributed by atoms with E-state index in [1.165, 1.54) is 0 Å². The van der Waals surface area contributed by atoms with E-state index in [1.54, 1.807) is 20.8 Å². The van der Waals surface area contributed by atoms with Gasteiger partial charge in [-0.05, 0) is 38.5 Å². The zero-order valence-corrected chi connectivity index (χ0v) is 12.8. The van der Waals surface area contributed by atoms with E-state index in [2.05, 4.69) is 5.32 Å². The second kappa shape index (κ2) is 5.07. The summed E-state index contributed by atoms with van der Waals surface area (Å²) < 4.78 is 31.9. The lowest BCUT2D eigenvalue weighted by Crippen LogP contribution is -2.28. The van der Waals surface area contributed by atoms with Crippen LogP contribution in [-0.4, -0.2) is 33.8 Å². The predicted molar refractivity (Wildman–Crippen MR) is 76.8 cm³/mol. The van der Waals surface area contributed by atoms with Gasteiger partial charge in [0.25, 0.3) is 5.92 Å². The molecule has 0 aliphatic heterocycles. The number of carboxylic acid groups (broad SMARTS) is 1. The Bertz CT molecular complexity index is 668. The van der Waals surface area contributed by atoms with Crippen LogP contribution in [-0.2, 0) is 14.9 Å². The number of phenols is 1. The summed E-state index contributed by atoms with van der Waals surface area (Å²) in [6, 6.07) is 3.22. The largest absolute Gasteiger partial charge is 0.506 e. The topological polar surface area (TPSA) is 95.9 Å². The molecule has 1 atom stereocenters. The first-order valence-corrected chi connectivity index (χ1v) is 6.84. The van der Waals surface area contributed by atoms with Crippen molar-refractivity contribution in [2.45, 2.75) is 44.1 Å². The van der Waals surface area contributed by atoms with Crippen molar-refractivity contribution in [2.24, 2.45) is 0 Å². The zero-order chi connectivity index (χ0) is 17.6. The lowest BCUT2D eigenvalue weighted by Gasteiger charge is -2.20. The molecule has 1 saturated carbocycles. The lowest BCUT2D eigenvalue weighted by molar-refractivity contribution is -0.142. The fourth-order valence-corrected chi connectivity index (χ4v) is 2.27. The number of carboxylic acids is 1. The maximum Gasteiger partial charge on any atom is 0.412 e. The van der Waals surface area contributed by atoms with Gasteiger partial charge in [0.05, 0.1) is 5.69 Å². The van der Waals surface area contributed by atoms with Crippen molar-refractivity contribution in [3.63, 3.8) is 0 Å². The van der Waals surface area contributed by atoms with Crippen molar-refractivity contribution in [1.29, 1.82) is 0 Å². The van der Waals surface area contributed by atoms with Crippen molar-refractivity contribution < 1.29 is 33.3 Å². The SMILES string of the molecule is CC(C)(C)OC(=O)Nc1ccc(C2(C(=O)O)CC2(F)F)cc1O. The molecule has 1 unspecified atom stereocenters. The Hall–Kier alpha value is -2.38. The molecule has 1 fully saturated rings. The summed E-state index contributed by atoms with van der Waals surface area (Å²) in [7, 11) is 0. The molecule has 0 heterocycles. The van der Waals surface area contributed by atoms with Crippen LogP contribution >= 0.6 is 0 Å². The molecule has 1 amide bonds. The van der Waals surface area contributed by atoms with Crippen LogP contribution in [0.2, 0.25) is 0 Å². The Morgan fingerprint density at radius 1 is 1.30 bits per heavy atom. The maximum absolute atomic E-state index is 13.5. The number of benzene rings is 1. The van der Waals surface area contributed by atoms with Crippen LogP contribution in [0.4, 0.5) is 19.3 Å². The third-order valence-corrected chi connectivity index (χ3v) is 3.48. The number of rotatable bonds is 3. The first-order chi connectivity index (χ1) is 10.4. The first-order valence-electron chi connectivity index (χ1n) is 6.84. The van der Waals surface area contributed by atoms with Gasteiger partial charge in [-0.2, -0.15) is 0 Å². The standard InChI is InChI=1S/C15H17F2NO5/c1-13(2,3)23-12(22)18-9-5-4-8(6-10(9)19)14(11(20)21)7-15(14,16)17/h4-6,19H,7H2,1-3H3,(H,18,22)(H,20,21). The molecule has 0 saturated heterocycles. The van der Waals surface area contributed by atoms with Gasteiger partial charge in [-0.3, -0.25) is 10.1 Å². The highest BCUT2D eigenvalue weighted by molar-refractivity contribution is 5.90. The van der Waals surface area contributed by atoms with Gasteiger partial charge in [0.2, 0.25) is 0 Å². The predicted octanol–water partition coefficient (Wildman–Crippen LogP) is 3.10. The molecule has 0 spiro atoms. The Labute approximate surface area is 131 Å². The minimum absolute atomic E-state index is 0.0625. The zero-order valence-electron chi connectivity index (χ0n) is 12.8. The summed E-state index contributed by atoms with van der Waals surface area (Å²) in [5.41, 5.74) is -3.35. The summed E-state index contributed by atoms with van der Waals surface area (Å²) in [5.74, 6) is -5.54. The number of phenolic OH excluding ortho intramolecular Hbond substituents is 1. The normalized spacial score (nSPS) is 22.3. The average molecular weight is 329 g/mol. The Morgan fingerprint density at radius 2 is 1.87 bits per heavy atom. The fraction of sp³-hybridized carbons (Fsp3) is 0.467. The van der Waals surface area contributed by atoms with Crippen LogP contribution in [0.25, 0.3) is 0 Å². The van der Waals surface area contributed by atoms with E-state index >= 15 is 0 Å². The Balaban J connectivity index is 2.23. The average Bonchev–Trinajstić information content (AvgIpc) is 2.94. The van der Waals surface area contributed by atoms with Crippen LogP contribution in [0.15, 0.2) is 18.2 Å². The number of amides is 1. The molecular formula is C15H17F2NO5. The van der Waals surface area contributed by atoms with E-state index < -0.39 is 41.2 Å². The molecule has 23 heavy (non-hydrogen) atoms. The van der Waals surface area contributed by atoms with Crippen LogP contribution < -0.4 is 5.32 Å². The van der Waals surface area contributed by atoms with Gasteiger partial charge >= 0.3 is 12.1 Å². The van der Waals surface area contributed by atoms with Gasteiger partial charge in [-0.15, -0.1) is 0 Å². The molecule has 0 aromatic heterocycles. The number of hydrogen-bond acceptors (Lipinski definition) is 4. The highest BCUT2D eigenvalue weighted by Crippen LogP contribution is 2.62. The lowest BCUT2D eigenvalue weighted by atomic mass is 9.95. The van der Waals surface area contributed by atoms with Crippen LogP contribution in [0.5, 0.6) is 5.75 Å². The van der Waals surface area contributed by atoms with Gasteiger partial charge in [0.15, 0.2) is 5.41 Å². The van der Waals surface area contributed by atoms with Crippen molar-refractivity contribution >= 4 is 17.7 Å². The summed E-state index contributed by atoms with van der Waals surface area (Å²) >= 11 is 0. The molecule has 0 radical (unpaired) electrons. The number of hydrogen-bond donors (Lipinski definition) is 3. The number of aromatic hydroxyl groups is 1. The highest BCUT2D eigenvalue weighted by Gasteiger charge is 2.77. The van der Waals surface area contributed by atoms with Crippen molar-refractivity contribution in [2.75, 3.05) is 5.32 Å². The van der Waals surface area contributed by atoms with E-state index in [1.807, 2.05) is 0 Å². The van der Waals surface area contributed by atoms with Crippen molar-refractivity contribution in [3.8, 4) is 5.75 Å². The summed E-state index contributed by atoms with van der Waals surface area (Å²) in [6.45, 7) is 4.96. The molecule has 0 bridgehead atoms. The van der Waals surface area contributed by atoms with E-state index in [0.717, 1.165) is 18.2 Å². The van der Waals surface area contributed by atoms with Gasteiger partial charge in [0.1, 0.15) is 11.4 Å². The molecule has 1 aliphatic carbocycles. The number of anilines is 1. The summed E-state index contributed by atoms with van der Waals surface area (Å²) in [6.07, 6.45) is -1.65.